The molecule has 2 N–H and O–H groups in total. The SMILES string of the molecule is Cc1cc(SC2C(=O)CC(C3CCCC3)(C3CCCC3)OC2=O)c(C(C)(C)C)cc1N. The molecule has 1 saturated heterocycles. The highest BCUT2D eigenvalue weighted by molar-refractivity contribution is 8.01. The number of carbonyl (C=O) groups is 2. The van der Waals surface area contributed by atoms with Crippen LogP contribution < -0.4 is 5.73 Å². The van der Waals surface area contributed by atoms with E-state index in [0.29, 0.717) is 18.3 Å². The number of ketones is 1. The average Bonchev–Trinajstić information content (AvgIpc) is 3.40. The highest BCUT2D eigenvalue weighted by atomic mass is 32.2. The van der Waals surface area contributed by atoms with Gasteiger partial charge in [0.25, 0.3) is 0 Å². The zero-order chi connectivity index (χ0) is 22.4. The molecule has 1 unspecified atom stereocenters. The topological polar surface area (TPSA) is 69.4 Å². The fourth-order valence-electron chi connectivity index (χ4n) is 6.01. The Labute approximate surface area is 191 Å². The number of hydrogen-bond donors (Lipinski definition) is 1. The molecule has 1 aromatic carbocycles. The van der Waals surface area contributed by atoms with Crippen molar-refractivity contribution < 1.29 is 14.3 Å². The van der Waals surface area contributed by atoms with Crippen molar-refractivity contribution in [3.05, 3.63) is 23.3 Å². The Morgan fingerprint density at radius 2 is 1.55 bits per heavy atom. The number of carbonyl (C=O) groups excluding carboxylic acids is 2. The summed E-state index contributed by atoms with van der Waals surface area (Å²) in [6, 6.07) is 4.02. The first kappa shape index (κ1) is 22.7. The average molecular weight is 444 g/mol. The van der Waals surface area contributed by atoms with Gasteiger partial charge < -0.3 is 10.5 Å². The Bertz CT molecular complexity index is 824. The normalized spacial score (nSPS) is 25.2. The summed E-state index contributed by atoms with van der Waals surface area (Å²) in [6.45, 7) is 8.37. The third kappa shape index (κ3) is 4.27. The molecule has 1 atom stereocenters. The molecule has 0 aromatic heterocycles. The predicted molar refractivity (Wildman–Crippen MR) is 126 cm³/mol. The molecule has 31 heavy (non-hydrogen) atoms. The van der Waals surface area contributed by atoms with Crippen LogP contribution in [0.1, 0.15) is 89.7 Å². The number of thioether (sulfide) groups is 1. The molecule has 3 fully saturated rings. The lowest BCUT2D eigenvalue weighted by Crippen LogP contribution is -2.56. The van der Waals surface area contributed by atoms with Gasteiger partial charge in [0.15, 0.2) is 11.0 Å². The van der Waals surface area contributed by atoms with Crippen molar-refractivity contribution in [3.63, 3.8) is 0 Å². The van der Waals surface area contributed by atoms with Crippen LogP contribution in [0.5, 0.6) is 0 Å². The minimum atomic E-state index is -0.778. The second-order valence-corrected chi connectivity index (χ2v) is 12.1. The largest absolute Gasteiger partial charge is 0.457 e. The number of ether oxygens (including phenoxy) is 1. The lowest BCUT2D eigenvalue weighted by molar-refractivity contribution is -0.185. The van der Waals surface area contributed by atoms with Gasteiger partial charge in [-0.15, -0.1) is 11.8 Å². The van der Waals surface area contributed by atoms with E-state index in [1.165, 1.54) is 37.4 Å². The van der Waals surface area contributed by atoms with E-state index in [0.717, 1.165) is 47.4 Å². The molecular formula is C26H37NO3S. The molecule has 1 aliphatic heterocycles. The fourth-order valence-corrected chi connectivity index (χ4v) is 7.36. The van der Waals surface area contributed by atoms with Crippen molar-refractivity contribution in [2.75, 3.05) is 5.73 Å². The molecule has 0 amide bonds. The second kappa shape index (κ2) is 8.46. The van der Waals surface area contributed by atoms with Crippen molar-refractivity contribution in [2.45, 2.75) is 107 Å². The monoisotopic (exact) mass is 443 g/mol. The number of anilines is 1. The Morgan fingerprint density at radius 1 is 1.00 bits per heavy atom. The summed E-state index contributed by atoms with van der Waals surface area (Å²) in [6.07, 6.45) is 9.46. The number of nitrogen functional groups attached to an aromatic ring is 1. The summed E-state index contributed by atoms with van der Waals surface area (Å²) in [5.74, 6) is 0.417. The zero-order valence-electron chi connectivity index (χ0n) is 19.5. The molecule has 0 spiro atoms. The molecule has 5 heteroatoms. The summed E-state index contributed by atoms with van der Waals surface area (Å²) in [4.78, 5) is 27.8. The molecule has 4 nitrogen and oxygen atoms in total. The highest BCUT2D eigenvalue weighted by Crippen LogP contribution is 2.52. The molecule has 1 aromatic rings. The number of esters is 1. The quantitative estimate of drug-likeness (QED) is 0.353. The molecule has 3 aliphatic rings. The van der Waals surface area contributed by atoms with Gasteiger partial charge in [-0.3, -0.25) is 9.59 Å². The number of rotatable bonds is 4. The van der Waals surface area contributed by atoms with Crippen LogP contribution in [0.3, 0.4) is 0 Å². The maximum atomic E-state index is 13.5. The smallest absolute Gasteiger partial charge is 0.327 e. The molecule has 4 rings (SSSR count). The second-order valence-electron chi connectivity index (χ2n) is 10.9. The molecule has 170 valence electrons. The Hall–Kier alpha value is -1.49. The van der Waals surface area contributed by atoms with E-state index in [1.807, 2.05) is 19.1 Å². The van der Waals surface area contributed by atoms with Crippen molar-refractivity contribution in [3.8, 4) is 0 Å². The first-order valence-electron chi connectivity index (χ1n) is 11.9. The van der Waals surface area contributed by atoms with E-state index < -0.39 is 10.9 Å². The number of Topliss-reactive ketones (excluding diaryl/α,β-unsaturated/α-hetero) is 1. The fraction of sp³-hybridized carbons (Fsp3) is 0.692. The van der Waals surface area contributed by atoms with Crippen LogP contribution in [0.15, 0.2) is 17.0 Å². The van der Waals surface area contributed by atoms with Gasteiger partial charge in [0.1, 0.15) is 5.60 Å². The van der Waals surface area contributed by atoms with E-state index in [-0.39, 0.29) is 17.2 Å². The number of aryl methyl sites for hydroxylation is 1. The molecular weight excluding hydrogens is 406 g/mol. The number of nitrogens with two attached hydrogens (primary N) is 1. The van der Waals surface area contributed by atoms with Crippen molar-refractivity contribution in [1.29, 1.82) is 0 Å². The van der Waals surface area contributed by atoms with Crippen molar-refractivity contribution >= 4 is 29.2 Å². The van der Waals surface area contributed by atoms with E-state index >= 15 is 0 Å². The number of cyclic esters (lactones) is 1. The lowest BCUT2D eigenvalue weighted by Gasteiger charge is -2.46. The van der Waals surface area contributed by atoms with Gasteiger partial charge in [0.05, 0.1) is 0 Å². The van der Waals surface area contributed by atoms with Crippen molar-refractivity contribution in [1.82, 2.24) is 0 Å². The van der Waals surface area contributed by atoms with Gasteiger partial charge in [-0.05, 0) is 73.1 Å². The van der Waals surface area contributed by atoms with Gasteiger partial charge in [-0.1, -0.05) is 46.5 Å². The van der Waals surface area contributed by atoms with Crippen molar-refractivity contribution in [2.24, 2.45) is 11.8 Å². The van der Waals surface area contributed by atoms with E-state index in [1.54, 1.807) is 0 Å². The standard InChI is InChI=1S/C26H37NO3S/c1-16-13-22(19(14-20(16)27)25(2,3)4)31-23-21(28)15-26(30-24(23)29,17-9-5-6-10-17)18-11-7-8-12-18/h13-14,17-18,23H,5-12,15,27H2,1-4H3. The number of hydrogen-bond acceptors (Lipinski definition) is 5. The third-order valence-corrected chi connectivity index (χ3v) is 9.04. The van der Waals surface area contributed by atoms with Crippen LogP contribution in [0.2, 0.25) is 0 Å². The Morgan fingerprint density at radius 3 is 2.03 bits per heavy atom. The van der Waals surface area contributed by atoms with Crippen LogP contribution in [0.4, 0.5) is 5.69 Å². The highest BCUT2D eigenvalue weighted by Gasteiger charge is 2.56. The van der Waals surface area contributed by atoms with Gasteiger partial charge in [0.2, 0.25) is 0 Å². The summed E-state index contributed by atoms with van der Waals surface area (Å²) in [5.41, 5.74) is 8.28. The summed E-state index contributed by atoms with van der Waals surface area (Å²) < 4.78 is 6.37. The van der Waals surface area contributed by atoms with Crippen LogP contribution >= 0.6 is 11.8 Å². The van der Waals surface area contributed by atoms with Gasteiger partial charge in [-0.2, -0.15) is 0 Å². The van der Waals surface area contributed by atoms with E-state index in [2.05, 4.69) is 20.8 Å². The molecule has 1 heterocycles. The van der Waals surface area contributed by atoms with Crippen LogP contribution in [-0.4, -0.2) is 22.6 Å². The first-order valence-corrected chi connectivity index (χ1v) is 12.8. The molecule has 2 aliphatic carbocycles. The number of benzene rings is 1. The predicted octanol–water partition coefficient (Wildman–Crippen LogP) is 5.97. The van der Waals surface area contributed by atoms with Gasteiger partial charge in [-0.25, -0.2) is 0 Å². The molecule has 0 bridgehead atoms. The summed E-state index contributed by atoms with van der Waals surface area (Å²) >= 11 is 1.36. The summed E-state index contributed by atoms with van der Waals surface area (Å²) in [5, 5.41) is -0.778. The molecule has 2 saturated carbocycles. The van der Waals surface area contributed by atoms with E-state index in [9.17, 15) is 9.59 Å². The maximum absolute atomic E-state index is 13.5. The maximum Gasteiger partial charge on any atom is 0.327 e. The Kier molecular flexibility index (Phi) is 6.19. The zero-order valence-corrected chi connectivity index (χ0v) is 20.3. The van der Waals surface area contributed by atoms with Gasteiger partial charge >= 0.3 is 5.97 Å². The lowest BCUT2D eigenvalue weighted by atomic mass is 9.70. The first-order chi connectivity index (χ1) is 14.6. The van der Waals surface area contributed by atoms with Crippen LogP contribution in [0.25, 0.3) is 0 Å². The van der Waals surface area contributed by atoms with Crippen LogP contribution in [-0.2, 0) is 19.7 Å². The van der Waals surface area contributed by atoms with Gasteiger partial charge in [0, 0.05) is 17.0 Å². The minimum Gasteiger partial charge on any atom is -0.457 e. The molecule has 0 radical (unpaired) electrons. The van der Waals surface area contributed by atoms with Crippen LogP contribution in [0, 0.1) is 18.8 Å². The van der Waals surface area contributed by atoms with E-state index in [4.69, 9.17) is 10.5 Å². The third-order valence-electron chi connectivity index (χ3n) is 7.76. The minimum absolute atomic E-state index is 0.0504. The Balaban J connectivity index is 1.63. The summed E-state index contributed by atoms with van der Waals surface area (Å²) in [7, 11) is 0.